The van der Waals surface area contributed by atoms with Crippen LogP contribution in [0, 0.1) is 5.82 Å². The SMILES string of the molecule is COc1cc(-n2c(NCc3cccc(F)c3)cccc2=O)cc(OC)c1OC. The average molecular weight is 384 g/mol. The Morgan fingerprint density at radius 1 is 0.929 bits per heavy atom. The summed E-state index contributed by atoms with van der Waals surface area (Å²) in [5.41, 5.74) is 1.06. The Morgan fingerprint density at radius 3 is 2.21 bits per heavy atom. The van der Waals surface area contributed by atoms with E-state index in [1.54, 1.807) is 36.4 Å². The van der Waals surface area contributed by atoms with Gasteiger partial charge >= 0.3 is 0 Å². The van der Waals surface area contributed by atoms with Crippen molar-refractivity contribution in [3.8, 4) is 22.9 Å². The molecule has 0 radical (unpaired) electrons. The highest BCUT2D eigenvalue weighted by atomic mass is 19.1. The monoisotopic (exact) mass is 384 g/mol. The second kappa shape index (κ2) is 8.47. The van der Waals surface area contributed by atoms with Crippen LogP contribution in [0.5, 0.6) is 17.2 Å². The Bertz CT molecular complexity index is 1010. The molecule has 0 spiro atoms. The summed E-state index contributed by atoms with van der Waals surface area (Å²) in [4.78, 5) is 12.6. The number of hydrogen-bond acceptors (Lipinski definition) is 5. The van der Waals surface area contributed by atoms with Gasteiger partial charge in [0.1, 0.15) is 11.6 Å². The molecule has 0 aliphatic rings. The zero-order valence-electron chi connectivity index (χ0n) is 15.9. The molecule has 3 rings (SSSR count). The predicted molar refractivity (Wildman–Crippen MR) is 105 cm³/mol. The van der Waals surface area contributed by atoms with Gasteiger partial charge in [-0.05, 0) is 23.8 Å². The molecule has 6 nitrogen and oxygen atoms in total. The second-order valence-electron chi connectivity index (χ2n) is 5.95. The number of halogens is 1. The molecular formula is C21H21FN2O4. The second-order valence-corrected chi connectivity index (χ2v) is 5.95. The molecule has 7 heteroatoms. The molecule has 1 heterocycles. The molecule has 0 unspecified atom stereocenters. The molecule has 1 N–H and O–H groups in total. The van der Waals surface area contributed by atoms with Gasteiger partial charge in [0, 0.05) is 24.7 Å². The molecule has 0 bridgehead atoms. The molecule has 0 atom stereocenters. The number of rotatable bonds is 7. The highest BCUT2D eigenvalue weighted by Crippen LogP contribution is 2.39. The van der Waals surface area contributed by atoms with Crippen LogP contribution in [0.3, 0.4) is 0 Å². The van der Waals surface area contributed by atoms with E-state index in [1.807, 2.05) is 0 Å². The van der Waals surface area contributed by atoms with E-state index in [1.165, 1.54) is 44.1 Å². The number of nitrogens with one attached hydrogen (secondary N) is 1. The van der Waals surface area contributed by atoms with Crippen molar-refractivity contribution in [1.82, 2.24) is 4.57 Å². The Balaban J connectivity index is 2.04. The van der Waals surface area contributed by atoms with Gasteiger partial charge in [-0.15, -0.1) is 0 Å². The zero-order valence-corrected chi connectivity index (χ0v) is 15.9. The first kappa shape index (κ1) is 19.3. The number of ether oxygens (including phenoxy) is 3. The first-order valence-electron chi connectivity index (χ1n) is 8.58. The lowest BCUT2D eigenvalue weighted by atomic mass is 10.2. The lowest BCUT2D eigenvalue weighted by molar-refractivity contribution is 0.324. The highest BCUT2D eigenvalue weighted by Gasteiger charge is 2.16. The number of aromatic nitrogens is 1. The maximum atomic E-state index is 13.4. The van der Waals surface area contributed by atoms with Crippen LogP contribution in [0.25, 0.3) is 5.69 Å². The molecule has 0 amide bonds. The lowest BCUT2D eigenvalue weighted by Crippen LogP contribution is -2.21. The minimum Gasteiger partial charge on any atom is -0.493 e. The van der Waals surface area contributed by atoms with Crippen LogP contribution in [-0.4, -0.2) is 25.9 Å². The third-order valence-corrected chi connectivity index (χ3v) is 4.22. The highest BCUT2D eigenvalue weighted by molar-refractivity contribution is 5.60. The van der Waals surface area contributed by atoms with E-state index in [-0.39, 0.29) is 11.4 Å². The van der Waals surface area contributed by atoms with Gasteiger partial charge in [0.15, 0.2) is 11.5 Å². The standard InChI is InChI=1S/C21H21FN2O4/c1-26-17-11-16(12-18(27-2)21(17)28-3)24-19(8-5-9-20(24)25)23-13-14-6-4-7-15(22)10-14/h4-12,23H,13H2,1-3H3. The molecular weight excluding hydrogens is 363 g/mol. The average Bonchev–Trinajstić information content (AvgIpc) is 2.71. The number of benzene rings is 2. The predicted octanol–water partition coefficient (Wildman–Crippen LogP) is 3.61. The Kier molecular flexibility index (Phi) is 5.84. The summed E-state index contributed by atoms with van der Waals surface area (Å²) in [5, 5.41) is 3.18. The maximum Gasteiger partial charge on any atom is 0.256 e. The number of nitrogens with zero attached hydrogens (tertiary/aromatic N) is 1. The number of anilines is 1. The summed E-state index contributed by atoms with van der Waals surface area (Å²) in [6, 6.07) is 14.5. The van der Waals surface area contributed by atoms with Crippen molar-refractivity contribution in [2.24, 2.45) is 0 Å². The van der Waals surface area contributed by atoms with Crippen molar-refractivity contribution >= 4 is 5.82 Å². The largest absolute Gasteiger partial charge is 0.493 e. The van der Waals surface area contributed by atoms with Crippen molar-refractivity contribution in [3.05, 3.63) is 76.3 Å². The minimum absolute atomic E-state index is 0.237. The summed E-state index contributed by atoms with van der Waals surface area (Å²) < 4.78 is 31.0. The normalized spacial score (nSPS) is 10.4. The topological polar surface area (TPSA) is 61.7 Å². The van der Waals surface area contributed by atoms with E-state index in [2.05, 4.69) is 5.32 Å². The van der Waals surface area contributed by atoms with E-state index in [0.717, 1.165) is 5.56 Å². The van der Waals surface area contributed by atoms with Gasteiger partial charge in [0.25, 0.3) is 5.56 Å². The summed E-state index contributed by atoms with van der Waals surface area (Å²) in [5.74, 6) is 1.54. The summed E-state index contributed by atoms with van der Waals surface area (Å²) in [6.45, 7) is 0.353. The quantitative estimate of drug-likeness (QED) is 0.674. The van der Waals surface area contributed by atoms with Gasteiger partial charge in [-0.1, -0.05) is 18.2 Å². The molecule has 2 aromatic carbocycles. The first-order chi connectivity index (χ1) is 13.6. The molecule has 1 aromatic heterocycles. The van der Waals surface area contributed by atoms with Crippen LogP contribution in [0.1, 0.15) is 5.56 Å². The third kappa shape index (κ3) is 3.93. The molecule has 0 aliphatic heterocycles. The molecule has 0 saturated carbocycles. The molecule has 0 fully saturated rings. The lowest BCUT2D eigenvalue weighted by Gasteiger charge is -2.18. The molecule has 0 aliphatic carbocycles. The molecule has 0 saturated heterocycles. The van der Waals surface area contributed by atoms with Gasteiger partial charge in [0.05, 0.1) is 27.0 Å². The Morgan fingerprint density at radius 2 is 1.61 bits per heavy atom. The van der Waals surface area contributed by atoms with Crippen LogP contribution >= 0.6 is 0 Å². The van der Waals surface area contributed by atoms with Gasteiger partial charge in [0.2, 0.25) is 5.75 Å². The fourth-order valence-electron chi connectivity index (χ4n) is 2.93. The van der Waals surface area contributed by atoms with Gasteiger partial charge < -0.3 is 19.5 Å². The number of methoxy groups -OCH3 is 3. The number of pyridine rings is 1. The van der Waals surface area contributed by atoms with Gasteiger partial charge in [-0.3, -0.25) is 9.36 Å². The van der Waals surface area contributed by atoms with Crippen molar-refractivity contribution < 1.29 is 18.6 Å². The minimum atomic E-state index is -0.311. The Labute approximate surface area is 162 Å². The van der Waals surface area contributed by atoms with E-state index < -0.39 is 0 Å². The molecule has 28 heavy (non-hydrogen) atoms. The van der Waals surface area contributed by atoms with E-state index >= 15 is 0 Å². The first-order valence-corrected chi connectivity index (χ1v) is 8.58. The summed E-state index contributed by atoms with van der Waals surface area (Å²) in [7, 11) is 4.54. The van der Waals surface area contributed by atoms with Gasteiger partial charge in [-0.25, -0.2) is 4.39 Å². The molecule has 146 valence electrons. The van der Waals surface area contributed by atoms with E-state index in [0.29, 0.717) is 35.3 Å². The smallest absolute Gasteiger partial charge is 0.256 e. The van der Waals surface area contributed by atoms with Crippen LogP contribution in [-0.2, 0) is 6.54 Å². The van der Waals surface area contributed by atoms with Crippen molar-refractivity contribution in [2.45, 2.75) is 6.54 Å². The summed E-state index contributed by atoms with van der Waals surface area (Å²) in [6.07, 6.45) is 0. The van der Waals surface area contributed by atoms with Gasteiger partial charge in [-0.2, -0.15) is 0 Å². The van der Waals surface area contributed by atoms with Crippen LogP contribution in [0.2, 0.25) is 0 Å². The third-order valence-electron chi connectivity index (χ3n) is 4.22. The maximum absolute atomic E-state index is 13.4. The summed E-state index contributed by atoms with van der Waals surface area (Å²) >= 11 is 0. The van der Waals surface area contributed by atoms with Crippen molar-refractivity contribution in [3.63, 3.8) is 0 Å². The van der Waals surface area contributed by atoms with Crippen molar-refractivity contribution in [1.29, 1.82) is 0 Å². The Hall–Kier alpha value is -3.48. The van der Waals surface area contributed by atoms with Crippen LogP contribution in [0.15, 0.2) is 59.4 Å². The number of hydrogen-bond donors (Lipinski definition) is 1. The van der Waals surface area contributed by atoms with Crippen molar-refractivity contribution in [2.75, 3.05) is 26.6 Å². The molecule has 3 aromatic rings. The fourth-order valence-corrected chi connectivity index (χ4v) is 2.93. The van der Waals surface area contributed by atoms with E-state index in [4.69, 9.17) is 14.2 Å². The fraction of sp³-hybridized carbons (Fsp3) is 0.190. The van der Waals surface area contributed by atoms with Crippen LogP contribution < -0.4 is 25.1 Å². The van der Waals surface area contributed by atoms with E-state index in [9.17, 15) is 9.18 Å². The van der Waals surface area contributed by atoms with Crippen LogP contribution in [0.4, 0.5) is 10.2 Å². The zero-order chi connectivity index (χ0) is 20.1.